The van der Waals surface area contributed by atoms with E-state index in [0.29, 0.717) is 24.0 Å². The van der Waals surface area contributed by atoms with Gasteiger partial charge in [-0.05, 0) is 44.5 Å². The summed E-state index contributed by atoms with van der Waals surface area (Å²) in [5.41, 5.74) is 0.973. The molecule has 5 heteroatoms. The molecular weight excluding hydrogens is 248 g/mol. The summed E-state index contributed by atoms with van der Waals surface area (Å²) >= 11 is 0. The van der Waals surface area contributed by atoms with Crippen molar-refractivity contribution >= 4 is 10.0 Å². The minimum absolute atomic E-state index is 0.408. The van der Waals surface area contributed by atoms with Crippen LogP contribution in [0.25, 0.3) is 0 Å². The Kier molecular flexibility index (Phi) is 4.04. The van der Waals surface area contributed by atoms with E-state index in [0.717, 1.165) is 18.4 Å². The van der Waals surface area contributed by atoms with Gasteiger partial charge in [0.05, 0.1) is 4.90 Å². The molecule has 0 saturated carbocycles. The Balaban J connectivity index is 2.17. The Hall–Kier alpha value is -0.910. The molecule has 1 aliphatic heterocycles. The molecule has 0 aliphatic carbocycles. The minimum Gasteiger partial charge on any atom is -0.317 e. The molecule has 1 aliphatic rings. The third kappa shape index (κ3) is 2.74. The van der Waals surface area contributed by atoms with Crippen LogP contribution in [-0.4, -0.2) is 38.9 Å². The Morgan fingerprint density at radius 2 is 1.94 bits per heavy atom. The fourth-order valence-corrected chi connectivity index (χ4v) is 3.88. The van der Waals surface area contributed by atoms with Crippen molar-refractivity contribution in [3.05, 3.63) is 29.8 Å². The molecule has 1 fully saturated rings. The maximum absolute atomic E-state index is 12.4. The third-order valence-electron chi connectivity index (χ3n) is 3.49. The molecule has 1 heterocycles. The third-order valence-corrected chi connectivity index (χ3v) is 5.38. The van der Waals surface area contributed by atoms with Crippen molar-refractivity contribution in [2.24, 2.45) is 0 Å². The van der Waals surface area contributed by atoms with Gasteiger partial charge in [0.15, 0.2) is 0 Å². The Morgan fingerprint density at radius 3 is 2.50 bits per heavy atom. The molecule has 18 heavy (non-hydrogen) atoms. The molecule has 0 radical (unpaired) electrons. The number of hydrogen-bond donors (Lipinski definition) is 1. The Morgan fingerprint density at radius 1 is 1.28 bits per heavy atom. The number of rotatable bonds is 3. The van der Waals surface area contributed by atoms with Crippen LogP contribution in [0.1, 0.15) is 18.4 Å². The standard InChI is InChI=1S/C13H20N2O2S/c1-11-4-3-5-13(10-11)18(16,17)15-8-6-12(14-2)7-9-15/h3-5,10,12,14H,6-9H2,1-2H3. The number of nitrogens with zero attached hydrogens (tertiary/aromatic N) is 1. The van der Waals surface area contributed by atoms with Gasteiger partial charge in [0.1, 0.15) is 0 Å². The molecule has 1 aromatic rings. The van der Waals surface area contributed by atoms with E-state index in [9.17, 15) is 8.42 Å². The van der Waals surface area contributed by atoms with Gasteiger partial charge in [0.2, 0.25) is 10.0 Å². The number of sulfonamides is 1. The van der Waals surface area contributed by atoms with Crippen LogP contribution in [-0.2, 0) is 10.0 Å². The van der Waals surface area contributed by atoms with Crippen LogP contribution < -0.4 is 5.32 Å². The van der Waals surface area contributed by atoms with E-state index < -0.39 is 10.0 Å². The maximum Gasteiger partial charge on any atom is 0.243 e. The molecule has 0 amide bonds. The average molecular weight is 268 g/mol. The highest BCUT2D eigenvalue weighted by molar-refractivity contribution is 7.89. The molecule has 1 N–H and O–H groups in total. The number of piperidine rings is 1. The van der Waals surface area contributed by atoms with Crippen molar-refractivity contribution in [3.8, 4) is 0 Å². The second-order valence-corrected chi connectivity index (χ2v) is 6.72. The molecule has 100 valence electrons. The molecule has 0 unspecified atom stereocenters. The van der Waals surface area contributed by atoms with Crippen LogP contribution in [0, 0.1) is 6.92 Å². The molecule has 0 atom stereocenters. The van der Waals surface area contributed by atoms with E-state index in [1.807, 2.05) is 20.0 Å². The summed E-state index contributed by atoms with van der Waals surface area (Å²) in [6, 6.07) is 7.55. The normalized spacial score (nSPS) is 19.0. The molecule has 1 saturated heterocycles. The van der Waals surface area contributed by atoms with Gasteiger partial charge in [0.25, 0.3) is 0 Å². The highest BCUT2D eigenvalue weighted by Gasteiger charge is 2.28. The predicted octanol–water partition coefficient (Wildman–Crippen LogP) is 1.37. The van der Waals surface area contributed by atoms with Gasteiger partial charge >= 0.3 is 0 Å². The van der Waals surface area contributed by atoms with E-state index in [-0.39, 0.29) is 0 Å². The number of nitrogens with one attached hydrogen (secondary N) is 1. The van der Waals surface area contributed by atoms with Gasteiger partial charge in [-0.3, -0.25) is 0 Å². The largest absolute Gasteiger partial charge is 0.317 e. The molecule has 2 rings (SSSR count). The van der Waals surface area contributed by atoms with Crippen molar-refractivity contribution in [2.45, 2.75) is 30.7 Å². The predicted molar refractivity (Wildman–Crippen MR) is 72.0 cm³/mol. The SMILES string of the molecule is CNC1CCN(S(=O)(=O)c2cccc(C)c2)CC1. The van der Waals surface area contributed by atoms with Gasteiger partial charge in [-0.1, -0.05) is 12.1 Å². The summed E-state index contributed by atoms with van der Waals surface area (Å²) in [7, 11) is -1.38. The summed E-state index contributed by atoms with van der Waals surface area (Å²) in [6.45, 7) is 3.11. The van der Waals surface area contributed by atoms with Gasteiger partial charge in [-0.25, -0.2) is 8.42 Å². The molecule has 4 nitrogen and oxygen atoms in total. The second kappa shape index (κ2) is 5.38. The topological polar surface area (TPSA) is 49.4 Å². The first kappa shape index (κ1) is 13.5. The van der Waals surface area contributed by atoms with E-state index in [2.05, 4.69) is 5.32 Å². The zero-order valence-corrected chi connectivity index (χ0v) is 11.7. The minimum atomic E-state index is -3.31. The summed E-state index contributed by atoms with van der Waals surface area (Å²) < 4.78 is 26.5. The van der Waals surface area contributed by atoms with Gasteiger partial charge < -0.3 is 5.32 Å². The van der Waals surface area contributed by atoms with Crippen LogP contribution in [0.4, 0.5) is 0 Å². The Bertz CT molecular complexity index is 505. The monoisotopic (exact) mass is 268 g/mol. The van der Waals surface area contributed by atoms with E-state index in [1.54, 1.807) is 22.5 Å². The molecule has 0 bridgehead atoms. The van der Waals surface area contributed by atoms with Crippen LogP contribution in [0.2, 0.25) is 0 Å². The molecule has 1 aromatic carbocycles. The highest BCUT2D eigenvalue weighted by Crippen LogP contribution is 2.21. The van der Waals surface area contributed by atoms with Gasteiger partial charge in [-0.15, -0.1) is 0 Å². The van der Waals surface area contributed by atoms with Crippen molar-refractivity contribution < 1.29 is 8.42 Å². The Labute approximate surface area is 109 Å². The van der Waals surface area contributed by atoms with Crippen molar-refractivity contribution in [1.29, 1.82) is 0 Å². The number of benzene rings is 1. The van der Waals surface area contributed by atoms with Crippen molar-refractivity contribution in [3.63, 3.8) is 0 Å². The average Bonchev–Trinajstić information content (AvgIpc) is 2.39. The second-order valence-electron chi connectivity index (χ2n) is 4.78. The fraction of sp³-hybridized carbons (Fsp3) is 0.538. The first-order valence-corrected chi connectivity index (χ1v) is 7.72. The lowest BCUT2D eigenvalue weighted by Gasteiger charge is -2.31. The first-order valence-electron chi connectivity index (χ1n) is 6.28. The summed E-state index contributed by atoms with van der Waals surface area (Å²) in [5.74, 6) is 0. The molecule has 0 aromatic heterocycles. The first-order chi connectivity index (χ1) is 8.54. The lowest BCUT2D eigenvalue weighted by molar-refractivity contribution is 0.298. The van der Waals surface area contributed by atoms with Crippen molar-refractivity contribution in [2.75, 3.05) is 20.1 Å². The molecule has 0 spiro atoms. The fourth-order valence-electron chi connectivity index (χ4n) is 2.31. The van der Waals surface area contributed by atoms with Crippen molar-refractivity contribution in [1.82, 2.24) is 9.62 Å². The smallest absolute Gasteiger partial charge is 0.243 e. The summed E-state index contributed by atoms with van der Waals surface area (Å²) in [4.78, 5) is 0.408. The van der Waals surface area contributed by atoms with Crippen LogP contribution >= 0.6 is 0 Å². The molecular formula is C13H20N2O2S. The van der Waals surface area contributed by atoms with E-state index in [4.69, 9.17) is 0 Å². The zero-order valence-electron chi connectivity index (χ0n) is 10.9. The van der Waals surface area contributed by atoms with Crippen LogP contribution in [0.5, 0.6) is 0 Å². The van der Waals surface area contributed by atoms with E-state index >= 15 is 0 Å². The van der Waals surface area contributed by atoms with Gasteiger partial charge in [0, 0.05) is 19.1 Å². The number of hydrogen-bond acceptors (Lipinski definition) is 3. The summed E-state index contributed by atoms with van der Waals surface area (Å²) in [5, 5.41) is 3.20. The zero-order chi connectivity index (χ0) is 13.2. The van der Waals surface area contributed by atoms with Crippen LogP contribution in [0.15, 0.2) is 29.2 Å². The highest BCUT2D eigenvalue weighted by atomic mass is 32.2. The lowest BCUT2D eigenvalue weighted by atomic mass is 10.1. The quantitative estimate of drug-likeness (QED) is 0.900. The van der Waals surface area contributed by atoms with Gasteiger partial charge in [-0.2, -0.15) is 4.31 Å². The lowest BCUT2D eigenvalue weighted by Crippen LogP contribution is -2.43. The van der Waals surface area contributed by atoms with E-state index in [1.165, 1.54) is 0 Å². The number of aryl methyl sites for hydroxylation is 1. The maximum atomic E-state index is 12.4. The van der Waals surface area contributed by atoms with Crippen LogP contribution in [0.3, 0.4) is 0 Å². The summed E-state index contributed by atoms with van der Waals surface area (Å²) in [6.07, 6.45) is 1.75.